The third-order valence-electron chi connectivity index (χ3n) is 5.90. The number of terminal acetylenes is 1. The van der Waals surface area contributed by atoms with Crippen LogP contribution in [0.3, 0.4) is 0 Å². The highest BCUT2D eigenvalue weighted by Crippen LogP contribution is 2.28. The zero-order chi connectivity index (χ0) is 27.2. The second-order valence-corrected chi connectivity index (χ2v) is 9.26. The molecule has 0 radical (unpaired) electrons. The first kappa shape index (κ1) is 27.1. The van der Waals surface area contributed by atoms with Crippen molar-refractivity contribution < 1.29 is 9.18 Å². The van der Waals surface area contributed by atoms with Gasteiger partial charge in [-0.3, -0.25) is 15.0 Å². The van der Waals surface area contributed by atoms with Gasteiger partial charge in [0.2, 0.25) is 0 Å². The molecule has 4 rings (SSSR count). The fraction of sp³-hybridized carbons (Fsp3) is 0.179. The number of nitrogens with zero attached hydrogens (tertiary/aromatic N) is 3. The molecule has 1 aromatic heterocycles. The van der Waals surface area contributed by atoms with Gasteiger partial charge in [-0.25, -0.2) is 14.1 Å². The van der Waals surface area contributed by atoms with Gasteiger partial charge in [-0.2, -0.15) is 0 Å². The first-order valence-electron chi connectivity index (χ1n) is 11.8. The number of aromatic nitrogens is 2. The molecule has 0 saturated heterocycles. The number of hydrogen-bond donors (Lipinski definition) is 2. The minimum atomic E-state index is -0.926. The van der Waals surface area contributed by atoms with Gasteiger partial charge in [0, 0.05) is 18.0 Å². The molecule has 1 heterocycles. The minimum Gasteiger partial charge on any atom is -0.330 e. The Kier molecular flexibility index (Phi) is 8.64. The van der Waals surface area contributed by atoms with E-state index in [1.54, 1.807) is 42.5 Å². The van der Waals surface area contributed by atoms with Gasteiger partial charge in [0.15, 0.2) is 11.6 Å². The Balaban J connectivity index is 1.95. The summed E-state index contributed by atoms with van der Waals surface area (Å²) in [6.07, 6.45) is 6.11. The van der Waals surface area contributed by atoms with Gasteiger partial charge in [0.05, 0.1) is 27.2 Å². The third kappa shape index (κ3) is 5.65. The van der Waals surface area contributed by atoms with Crippen LogP contribution in [0.2, 0.25) is 10.0 Å². The zero-order valence-corrected chi connectivity index (χ0v) is 21.7. The number of rotatable bonds is 9. The number of amides is 1. The average molecular weight is 552 g/mol. The summed E-state index contributed by atoms with van der Waals surface area (Å²) in [6.45, 7) is 0.392. The fourth-order valence-corrected chi connectivity index (χ4v) is 4.43. The Morgan fingerprint density at radius 2 is 1.92 bits per heavy atom. The number of halogens is 3. The van der Waals surface area contributed by atoms with E-state index < -0.39 is 23.3 Å². The molecular formula is C28H24Cl2FN5O2. The van der Waals surface area contributed by atoms with E-state index in [1.165, 1.54) is 27.8 Å². The summed E-state index contributed by atoms with van der Waals surface area (Å²) in [4.78, 5) is 33.6. The van der Waals surface area contributed by atoms with E-state index in [4.69, 9.17) is 40.3 Å². The normalized spacial score (nSPS) is 11.7. The van der Waals surface area contributed by atoms with Crippen LogP contribution in [0, 0.1) is 18.2 Å². The first-order valence-corrected chi connectivity index (χ1v) is 12.5. The predicted molar refractivity (Wildman–Crippen MR) is 149 cm³/mol. The number of nitrogens with two attached hydrogens (primary N) is 1. The predicted octanol–water partition coefficient (Wildman–Crippen LogP) is 5.27. The Bertz CT molecular complexity index is 1570. The monoisotopic (exact) mass is 551 g/mol. The lowest BCUT2D eigenvalue weighted by Gasteiger charge is -2.32. The maximum absolute atomic E-state index is 14.9. The van der Waals surface area contributed by atoms with Crippen molar-refractivity contribution in [3.63, 3.8) is 0 Å². The van der Waals surface area contributed by atoms with Crippen LogP contribution in [0.4, 0.5) is 10.1 Å². The molecule has 38 heavy (non-hydrogen) atoms. The Morgan fingerprint density at radius 1 is 1.16 bits per heavy atom. The Labute approximate surface area is 229 Å². The molecule has 0 spiro atoms. The molecule has 10 heteroatoms. The van der Waals surface area contributed by atoms with Crippen LogP contribution in [-0.2, 0) is 0 Å². The summed E-state index contributed by atoms with van der Waals surface area (Å²) < 4.78 is 16.2. The minimum absolute atomic E-state index is 0.0204. The van der Waals surface area contributed by atoms with Crippen molar-refractivity contribution in [1.82, 2.24) is 14.6 Å². The van der Waals surface area contributed by atoms with Crippen molar-refractivity contribution >= 4 is 45.7 Å². The Hall–Kier alpha value is -3.90. The number of para-hydroxylation sites is 1. The van der Waals surface area contributed by atoms with Gasteiger partial charge in [-0.05, 0) is 55.4 Å². The maximum Gasteiger partial charge on any atom is 0.280 e. The summed E-state index contributed by atoms with van der Waals surface area (Å²) in [5.41, 5.74) is 9.11. The van der Waals surface area contributed by atoms with E-state index in [0.29, 0.717) is 28.0 Å². The lowest BCUT2D eigenvalue weighted by molar-refractivity contribution is 0.0661. The number of carbonyl (C=O) groups is 1. The Morgan fingerprint density at radius 3 is 2.63 bits per heavy atom. The van der Waals surface area contributed by atoms with E-state index in [0.717, 1.165) is 0 Å². The van der Waals surface area contributed by atoms with Crippen LogP contribution >= 0.6 is 23.2 Å². The average Bonchev–Trinajstić information content (AvgIpc) is 2.91. The molecule has 0 unspecified atom stereocenters. The van der Waals surface area contributed by atoms with E-state index >= 15 is 0 Å². The van der Waals surface area contributed by atoms with Crippen molar-refractivity contribution in [2.45, 2.75) is 18.9 Å². The molecule has 3 aromatic carbocycles. The molecule has 0 bridgehead atoms. The van der Waals surface area contributed by atoms with E-state index in [9.17, 15) is 14.0 Å². The maximum atomic E-state index is 14.9. The highest BCUT2D eigenvalue weighted by molar-refractivity contribution is 6.31. The molecule has 0 fully saturated rings. The molecule has 3 N–H and O–H groups in total. The van der Waals surface area contributed by atoms with Crippen LogP contribution in [0.5, 0.6) is 0 Å². The van der Waals surface area contributed by atoms with E-state index in [-0.39, 0.29) is 35.9 Å². The molecule has 7 nitrogen and oxygen atoms in total. The van der Waals surface area contributed by atoms with Gasteiger partial charge in [-0.1, -0.05) is 47.5 Å². The molecule has 0 aliphatic carbocycles. The number of nitrogens with one attached hydrogen (secondary N) is 1. The van der Waals surface area contributed by atoms with Crippen LogP contribution < -0.4 is 16.7 Å². The van der Waals surface area contributed by atoms with Crippen LogP contribution in [-0.4, -0.2) is 33.6 Å². The number of anilines is 1. The summed E-state index contributed by atoms with van der Waals surface area (Å²) in [6, 6.07) is 17.0. The first-order chi connectivity index (χ1) is 18.3. The number of hydrogen-bond acceptors (Lipinski definition) is 5. The smallest absolute Gasteiger partial charge is 0.280 e. The van der Waals surface area contributed by atoms with Crippen molar-refractivity contribution in [3.8, 4) is 12.3 Å². The van der Waals surface area contributed by atoms with Crippen LogP contribution in [0.15, 0.2) is 71.5 Å². The SMILES string of the molecule is C#CC[C@@H](c1nc2cc(Cl)ccc2c(=O)n1Nc1ccccc1)N(CCCN)C(=O)c1cccc(Cl)c1F. The highest BCUT2D eigenvalue weighted by atomic mass is 35.5. The summed E-state index contributed by atoms with van der Waals surface area (Å²) in [7, 11) is 0. The van der Waals surface area contributed by atoms with E-state index in [2.05, 4.69) is 11.3 Å². The lowest BCUT2D eigenvalue weighted by Crippen LogP contribution is -2.41. The molecule has 0 aliphatic heterocycles. The van der Waals surface area contributed by atoms with Gasteiger partial charge in [-0.15, -0.1) is 12.3 Å². The molecule has 0 saturated carbocycles. The van der Waals surface area contributed by atoms with Gasteiger partial charge < -0.3 is 10.6 Å². The number of fused-ring (bicyclic) bond motifs is 1. The zero-order valence-electron chi connectivity index (χ0n) is 20.2. The molecule has 1 atom stereocenters. The fourth-order valence-electron chi connectivity index (χ4n) is 4.09. The topological polar surface area (TPSA) is 93.2 Å². The van der Waals surface area contributed by atoms with Crippen molar-refractivity contribution in [2.75, 3.05) is 18.5 Å². The molecule has 4 aromatic rings. The lowest BCUT2D eigenvalue weighted by atomic mass is 10.1. The number of carbonyl (C=O) groups excluding carboxylic acids is 1. The standard InChI is InChI=1S/C28H24Cl2FN5O2/c1-2-8-24(35(16-7-15-32)27(37)21-11-6-12-22(30)25(21)31)26-33-23-17-18(29)13-14-20(23)28(38)36(26)34-19-9-4-3-5-10-19/h1,3-6,9-14,17,24,34H,7-8,15-16,32H2/t24-/m0/s1. The number of benzene rings is 3. The van der Waals surface area contributed by atoms with Crippen LogP contribution in [0.1, 0.15) is 35.1 Å². The van der Waals surface area contributed by atoms with E-state index in [1.807, 2.05) is 6.07 Å². The molecular weight excluding hydrogens is 528 g/mol. The third-order valence-corrected chi connectivity index (χ3v) is 6.43. The summed E-state index contributed by atoms with van der Waals surface area (Å²) >= 11 is 12.2. The summed E-state index contributed by atoms with van der Waals surface area (Å²) in [5.74, 6) is 1.21. The second kappa shape index (κ2) is 12.1. The largest absolute Gasteiger partial charge is 0.330 e. The van der Waals surface area contributed by atoms with Crippen molar-refractivity contribution in [1.29, 1.82) is 0 Å². The molecule has 194 valence electrons. The van der Waals surface area contributed by atoms with Gasteiger partial charge in [0.25, 0.3) is 11.5 Å². The molecule has 0 aliphatic rings. The quantitative estimate of drug-likeness (QED) is 0.276. The van der Waals surface area contributed by atoms with Gasteiger partial charge in [0.1, 0.15) is 6.04 Å². The van der Waals surface area contributed by atoms with Crippen molar-refractivity contribution in [3.05, 3.63) is 104 Å². The second-order valence-electron chi connectivity index (χ2n) is 8.42. The van der Waals surface area contributed by atoms with Crippen molar-refractivity contribution in [2.24, 2.45) is 5.73 Å². The molecule has 1 amide bonds. The van der Waals surface area contributed by atoms with Gasteiger partial charge >= 0.3 is 0 Å². The summed E-state index contributed by atoms with van der Waals surface area (Å²) in [5, 5.41) is 0.501. The highest BCUT2D eigenvalue weighted by Gasteiger charge is 2.31. The van der Waals surface area contributed by atoms with Crippen LogP contribution in [0.25, 0.3) is 10.9 Å².